The summed E-state index contributed by atoms with van der Waals surface area (Å²) in [6.07, 6.45) is 5.93. The molecule has 0 bridgehead atoms. The first-order valence-corrected chi connectivity index (χ1v) is 13.2. The molecule has 3 aromatic heterocycles. The Morgan fingerprint density at radius 3 is 2.75 bits per heavy atom. The number of Topliss-reactive ketones (excluding diaryl/α,β-unsaturated/α-hetero) is 1. The first-order valence-electron chi connectivity index (χ1n) is 13.2. The summed E-state index contributed by atoms with van der Waals surface area (Å²) in [4.78, 5) is 24.4. The van der Waals surface area contributed by atoms with Crippen molar-refractivity contribution in [3.8, 4) is 17.2 Å². The zero-order valence-corrected chi connectivity index (χ0v) is 22.3. The zero-order valence-electron chi connectivity index (χ0n) is 22.3. The predicted molar refractivity (Wildman–Crippen MR) is 151 cm³/mol. The van der Waals surface area contributed by atoms with Crippen LogP contribution >= 0.6 is 0 Å². The molecule has 10 heteroatoms. The van der Waals surface area contributed by atoms with Crippen LogP contribution in [0.2, 0.25) is 0 Å². The number of hydrogen-bond donors (Lipinski definition) is 2. The van der Waals surface area contributed by atoms with Crippen LogP contribution in [0.1, 0.15) is 28.0 Å². The highest BCUT2D eigenvalue weighted by molar-refractivity contribution is 6.01. The third-order valence-electron chi connectivity index (χ3n) is 7.65. The third kappa shape index (κ3) is 4.44. The van der Waals surface area contributed by atoms with Crippen LogP contribution in [0.4, 0.5) is 10.1 Å². The number of benzene rings is 2. The van der Waals surface area contributed by atoms with E-state index in [2.05, 4.69) is 24.5 Å². The number of aromatic nitrogens is 5. The molecule has 0 unspecified atom stereocenters. The molecule has 6 rings (SSSR count). The minimum atomic E-state index is -0.435. The van der Waals surface area contributed by atoms with E-state index in [0.717, 1.165) is 28.0 Å². The van der Waals surface area contributed by atoms with E-state index >= 15 is 0 Å². The molecule has 2 aromatic carbocycles. The number of ketones is 1. The summed E-state index contributed by atoms with van der Waals surface area (Å²) in [5, 5.41) is 15.4. The first-order chi connectivity index (χ1) is 19.4. The molecule has 1 saturated heterocycles. The van der Waals surface area contributed by atoms with Crippen molar-refractivity contribution in [1.29, 1.82) is 0 Å². The normalized spacial score (nSPS) is 17.2. The van der Waals surface area contributed by atoms with Crippen LogP contribution in [0.5, 0.6) is 0 Å². The molecule has 5 aromatic rings. The summed E-state index contributed by atoms with van der Waals surface area (Å²) in [7, 11) is 1.88. The van der Waals surface area contributed by atoms with Crippen LogP contribution in [0, 0.1) is 12.7 Å². The topological polar surface area (TPSA) is 115 Å². The van der Waals surface area contributed by atoms with Gasteiger partial charge in [0.15, 0.2) is 11.6 Å². The number of nitrogens with zero attached hydrogens (tertiary/aromatic N) is 6. The van der Waals surface area contributed by atoms with Gasteiger partial charge in [-0.05, 0) is 48.7 Å². The molecular formula is C30H30FN7O2. The predicted octanol–water partition coefficient (Wildman–Crippen LogP) is 3.59. The molecule has 0 radical (unpaired) electrons. The van der Waals surface area contributed by atoms with E-state index in [1.54, 1.807) is 36.0 Å². The van der Waals surface area contributed by atoms with Crippen LogP contribution < -0.4 is 10.6 Å². The Balaban J connectivity index is 1.42. The molecule has 1 aliphatic rings. The second-order valence-corrected chi connectivity index (χ2v) is 10.3. The minimum absolute atomic E-state index is 0.0445. The Labute approximate surface area is 230 Å². The van der Waals surface area contributed by atoms with Crippen LogP contribution in [0.25, 0.3) is 28.1 Å². The molecule has 9 nitrogen and oxygen atoms in total. The van der Waals surface area contributed by atoms with Crippen LogP contribution in [-0.4, -0.2) is 60.4 Å². The summed E-state index contributed by atoms with van der Waals surface area (Å²) >= 11 is 0. The van der Waals surface area contributed by atoms with E-state index in [-0.39, 0.29) is 48.0 Å². The minimum Gasteiger partial charge on any atom is -0.394 e. The molecule has 0 spiro atoms. The quantitative estimate of drug-likeness (QED) is 0.304. The zero-order chi connectivity index (χ0) is 28.0. The number of rotatable bonds is 7. The highest BCUT2D eigenvalue weighted by atomic mass is 19.1. The molecule has 2 atom stereocenters. The number of hydrogen-bond acceptors (Lipinski definition) is 7. The maximum Gasteiger partial charge on any atom is 0.185 e. The van der Waals surface area contributed by atoms with Crippen molar-refractivity contribution in [3.05, 3.63) is 89.8 Å². The van der Waals surface area contributed by atoms with Crippen LogP contribution in [-0.2, 0) is 13.5 Å². The standard InChI is InChI=1S/C30H30FN7O2/c1-18-4-3-5-23(31)28(18)30-33-11-8-24(35-30)26(40)14-19-6-7-25-22(10-13-37(25)27-9-12-34-36(27)2)29(19)38-16-20(32)15-21(38)17-39/h3-13,20-21,39H,14-17,32H2,1-2H3/t20-,21-/m0/s1. The largest absolute Gasteiger partial charge is 0.394 e. The van der Waals surface area contributed by atoms with Gasteiger partial charge < -0.3 is 20.3 Å². The van der Waals surface area contributed by atoms with Crippen molar-refractivity contribution in [1.82, 2.24) is 24.3 Å². The molecule has 0 amide bonds. The van der Waals surface area contributed by atoms with Gasteiger partial charge in [-0.3, -0.25) is 9.48 Å². The van der Waals surface area contributed by atoms with Crippen molar-refractivity contribution >= 4 is 22.4 Å². The monoisotopic (exact) mass is 539 g/mol. The number of aliphatic hydroxyl groups is 1. The maximum absolute atomic E-state index is 14.6. The summed E-state index contributed by atoms with van der Waals surface area (Å²) in [6.45, 7) is 2.30. The van der Waals surface area contributed by atoms with E-state index in [1.165, 1.54) is 12.3 Å². The number of fused-ring (bicyclic) bond motifs is 1. The number of aryl methyl sites for hydroxylation is 2. The van der Waals surface area contributed by atoms with E-state index in [0.29, 0.717) is 18.5 Å². The Morgan fingerprint density at radius 1 is 1.15 bits per heavy atom. The van der Waals surface area contributed by atoms with Gasteiger partial charge in [-0.1, -0.05) is 18.2 Å². The van der Waals surface area contributed by atoms with E-state index in [9.17, 15) is 14.3 Å². The number of anilines is 1. The highest BCUT2D eigenvalue weighted by Crippen LogP contribution is 2.37. The fraction of sp³-hybridized carbons (Fsp3) is 0.267. The number of nitrogens with two attached hydrogens (primary N) is 1. The Bertz CT molecular complexity index is 1710. The molecular weight excluding hydrogens is 509 g/mol. The lowest BCUT2D eigenvalue weighted by Gasteiger charge is -2.28. The van der Waals surface area contributed by atoms with Gasteiger partial charge in [-0.2, -0.15) is 5.10 Å². The van der Waals surface area contributed by atoms with E-state index in [4.69, 9.17) is 5.73 Å². The average Bonchev–Trinajstić information content (AvgIpc) is 3.66. The lowest BCUT2D eigenvalue weighted by Crippen LogP contribution is -2.34. The number of carbonyl (C=O) groups excluding carboxylic acids is 1. The van der Waals surface area contributed by atoms with Crippen LogP contribution in [0.3, 0.4) is 0 Å². The summed E-state index contributed by atoms with van der Waals surface area (Å²) < 4.78 is 18.5. The molecule has 1 fully saturated rings. The van der Waals surface area contributed by atoms with Crippen molar-refractivity contribution < 1.29 is 14.3 Å². The third-order valence-corrected chi connectivity index (χ3v) is 7.65. The Morgan fingerprint density at radius 2 is 2.00 bits per heavy atom. The summed E-state index contributed by atoms with van der Waals surface area (Å²) in [6, 6.07) is 14.0. The van der Waals surface area contributed by atoms with Gasteiger partial charge in [0.05, 0.1) is 35.6 Å². The SMILES string of the molecule is Cc1cccc(F)c1-c1nccc(C(=O)Cc2ccc3c(ccn3-c3ccnn3C)c2N2C[C@@H](N)C[C@H]2CO)n1. The molecule has 1 aliphatic heterocycles. The first kappa shape index (κ1) is 25.8. The highest BCUT2D eigenvalue weighted by Gasteiger charge is 2.33. The average molecular weight is 540 g/mol. The maximum atomic E-state index is 14.6. The molecule has 3 N–H and O–H groups in total. The molecule has 40 heavy (non-hydrogen) atoms. The molecule has 4 heterocycles. The fourth-order valence-electron chi connectivity index (χ4n) is 5.74. The van der Waals surface area contributed by atoms with Gasteiger partial charge in [0.2, 0.25) is 0 Å². The molecule has 0 aliphatic carbocycles. The van der Waals surface area contributed by atoms with E-state index < -0.39 is 5.82 Å². The van der Waals surface area contributed by atoms with Crippen LogP contribution in [0.15, 0.2) is 67.1 Å². The Kier molecular flexibility index (Phi) is 6.65. The lowest BCUT2D eigenvalue weighted by molar-refractivity contribution is 0.0988. The summed E-state index contributed by atoms with van der Waals surface area (Å²) in [5.74, 6) is 0.429. The summed E-state index contributed by atoms with van der Waals surface area (Å²) in [5.41, 5.74) is 10.1. The second kappa shape index (κ2) is 10.3. The number of halogens is 1. The van der Waals surface area contributed by atoms with Crippen molar-refractivity contribution in [2.45, 2.75) is 31.8 Å². The van der Waals surface area contributed by atoms with Gasteiger partial charge in [0.1, 0.15) is 17.3 Å². The van der Waals surface area contributed by atoms with Gasteiger partial charge in [-0.25, -0.2) is 14.4 Å². The van der Waals surface area contributed by atoms with Gasteiger partial charge in [0, 0.05) is 49.9 Å². The van der Waals surface area contributed by atoms with Crippen molar-refractivity contribution in [3.63, 3.8) is 0 Å². The number of carbonyl (C=O) groups is 1. The van der Waals surface area contributed by atoms with Crippen molar-refractivity contribution in [2.24, 2.45) is 12.8 Å². The van der Waals surface area contributed by atoms with Crippen molar-refractivity contribution in [2.75, 3.05) is 18.1 Å². The Hall–Kier alpha value is -4.41. The number of aliphatic hydroxyl groups excluding tert-OH is 1. The van der Waals surface area contributed by atoms with Gasteiger partial charge in [0.25, 0.3) is 0 Å². The van der Waals surface area contributed by atoms with E-state index in [1.807, 2.05) is 37.5 Å². The van der Waals surface area contributed by atoms with Gasteiger partial charge >= 0.3 is 0 Å². The molecule has 204 valence electrons. The molecule has 0 saturated carbocycles. The smallest absolute Gasteiger partial charge is 0.185 e. The van der Waals surface area contributed by atoms with Gasteiger partial charge in [-0.15, -0.1) is 0 Å². The fourth-order valence-corrected chi connectivity index (χ4v) is 5.74. The lowest BCUT2D eigenvalue weighted by atomic mass is 10.0. The second-order valence-electron chi connectivity index (χ2n) is 10.3.